The van der Waals surface area contributed by atoms with Crippen LogP contribution in [0.2, 0.25) is 5.02 Å². The number of hydrogen-bond donors (Lipinski definition) is 1. The Morgan fingerprint density at radius 1 is 1.11 bits per heavy atom. The topological polar surface area (TPSA) is 58.6 Å². The van der Waals surface area contributed by atoms with Crippen LogP contribution in [0.5, 0.6) is 5.75 Å². The lowest BCUT2D eigenvalue weighted by Crippen LogP contribution is -2.54. The molecule has 1 heterocycles. The van der Waals surface area contributed by atoms with Crippen LogP contribution in [0, 0.1) is 13.8 Å². The van der Waals surface area contributed by atoms with Crippen LogP contribution in [-0.4, -0.2) is 24.0 Å². The molecule has 0 atom stereocenters. The number of benzene rings is 2. The van der Waals surface area contributed by atoms with Crippen molar-refractivity contribution < 1.29 is 14.3 Å². The Labute approximate surface area is 167 Å². The second kappa shape index (κ2) is 7.50. The molecule has 0 radical (unpaired) electrons. The van der Waals surface area contributed by atoms with Gasteiger partial charge in [-0.15, -0.1) is 0 Å². The number of carbonyl (C=O) groups is 2. The van der Waals surface area contributed by atoms with Gasteiger partial charge in [0.25, 0.3) is 11.8 Å². The van der Waals surface area contributed by atoms with Crippen LogP contribution in [0.15, 0.2) is 42.0 Å². The number of thiocarbonyl (C=S) groups is 1. The zero-order valence-corrected chi connectivity index (χ0v) is 16.6. The van der Waals surface area contributed by atoms with Crippen molar-refractivity contribution in [2.75, 3.05) is 12.0 Å². The van der Waals surface area contributed by atoms with Gasteiger partial charge in [0.2, 0.25) is 0 Å². The molecule has 1 aliphatic rings. The molecule has 0 spiro atoms. The Morgan fingerprint density at radius 3 is 2.41 bits per heavy atom. The maximum atomic E-state index is 13.0. The van der Waals surface area contributed by atoms with Crippen LogP contribution < -0.4 is 15.0 Å². The van der Waals surface area contributed by atoms with Gasteiger partial charge in [0.15, 0.2) is 5.11 Å². The van der Waals surface area contributed by atoms with E-state index in [9.17, 15) is 9.59 Å². The van der Waals surface area contributed by atoms with Gasteiger partial charge in [-0.2, -0.15) is 0 Å². The van der Waals surface area contributed by atoms with Crippen LogP contribution in [0.1, 0.15) is 16.7 Å². The van der Waals surface area contributed by atoms with Crippen LogP contribution >= 0.6 is 23.8 Å². The standard InChI is InChI=1S/C20H17ClN2O3S/c1-11-9-17(26-3)12(2)8-13(11)10-16-18(24)22-20(27)23(19(16)25)15-6-4-14(21)5-7-15/h4-10H,1-3H3,(H,22,24,27)/b16-10-. The molecule has 2 amide bonds. The lowest BCUT2D eigenvalue weighted by Gasteiger charge is -2.29. The molecular formula is C20H17ClN2O3S. The number of methoxy groups -OCH3 is 1. The first-order valence-corrected chi connectivity index (χ1v) is 8.92. The highest BCUT2D eigenvalue weighted by Crippen LogP contribution is 2.27. The number of ether oxygens (including phenoxy) is 1. The van der Waals surface area contributed by atoms with Crippen LogP contribution in [0.25, 0.3) is 6.08 Å². The minimum atomic E-state index is -0.525. The maximum Gasteiger partial charge on any atom is 0.270 e. The van der Waals surface area contributed by atoms with Crippen LogP contribution in [0.3, 0.4) is 0 Å². The van der Waals surface area contributed by atoms with E-state index in [1.54, 1.807) is 37.5 Å². The highest BCUT2D eigenvalue weighted by molar-refractivity contribution is 7.80. The Hall–Kier alpha value is -2.70. The molecule has 27 heavy (non-hydrogen) atoms. The third-order valence-electron chi connectivity index (χ3n) is 4.27. The Bertz CT molecular complexity index is 983. The number of amides is 2. The number of nitrogens with zero attached hydrogens (tertiary/aromatic N) is 1. The highest BCUT2D eigenvalue weighted by Gasteiger charge is 2.34. The van der Waals surface area contributed by atoms with Crippen molar-refractivity contribution in [3.05, 3.63) is 63.7 Å². The molecule has 2 aromatic carbocycles. The van der Waals surface area contributed by atoms with Gasteiger partial charge >= 0.3 is 0 Å². The minimum absolute atomic E-state index is 0.00576. The average Bonchev–Trinajstić information content (AvgIpc) is 2.62. The normalized spacial score (nSPS) is 15.9. The van der Waals surface area contributed by atoms with Gasteiger partial charge in [0, 0.05) is 5.02 Å². The first-order valence-electron chi connectivity index (χ1n) is 8.14. The number of nitrogens with one attached hydrogen (secondary N) is 1. The van der Waals surface area contributed by atoms with E-state index < -0.39 is 11.8 Å². The molecular weight excluding hydrogens is 384 g/mol. The van der Waals surface area contributed by atoms with E-state index in [1.165, 1.54) is 4.90 Å². The number of hydrogen-bond acceptors (Lipinski definition) is 4. The molecule has 1 saturated heterocycles. The summed E-state index contributed by atoms with van der Waals surface area (Å²) in [5.41, 5.74) is 3.09. The van der Waals surface area contributed by atoms with Gasteiger partial charge in [0.1, 0.15) is 11.3 Å². The maximum absolute atomic E-state index is 13.0. The van der Waals surface area contributed by atoms with Gasteiger partial charge < -0.3 is 4.74 Å². The average molecular weight is 401 g/mol. The fourth-order valence-electron chi connectivity index (χ4n) is 2.83. The Kier molecular flexibility index (Phi) is 5.30. The molecule has 1 fully saturated rings. The quantitative estimate of drug-likeness (QED) is 0.483. The summed E-state index contributed by atoms with van der Waals surface area (Å²) in [6.07, 6.45) is 1.57. The van der Waals surface area contributed by atoms with Gasteiger partial charge in [-0.1, -0.05) is 11.6 Å². The second-order valence-corrected chi connectivity index (χ2v) is 6.94. The van der Waals surface area contributed by atoms with Crippen molar-refractivity contribution in [1.82, 2.24) is 5.32 Å². The first-order chi connectivity index (χ1) is 12.8. The summed E-state index contributed by atoms with van der Waals surface area (Å²) in [4.78, 5) is 26.7. The van der Waals surface area contributed by atoms with E-state index in [2.05, 4.69) is 5.32 Å². The van der Waals surface area contributed by atoms with Crippen molar-refractivity contribution in [3.8, 4) is 5.75 Å². The number of carbonyl (C=O) groups excluding carboxylic acids is 2. The third kappa shape index (κ3) is 3.72. The fraction of sp³-hybridized carbons (Fsp3) is 0.150. The monoisotopic (exact) mass is 400 g/mol. The van der Waals surface area contributed by atoms with Gasteiger partial charge in [0.05, 0.1) is 12.8 Å². The highest BCUT2D eigenvalue weighted by atomic mass is 35.5. The van der Waals surface area contributed by atoms with Crippen molar-refractivity contribution in [1.29, 1.82) is 0 Å². The summed E-state index contributed by atoms with van der Waals surface area (Å²) in [5, 5.41) is 3.15. The SMILES string of the molecule is COc1cc(C)c(/C=C2/C(=O)NC(=S)N(c3ccc(Cl)cc3)C2=O)cc1C. The fourth-order valence-corrected chi connectivity index (χ4v) is 3.23. The summed E-state index contributed by atoms with van der Waals surface area (Å²) in [7, 11) is 1.60. The zero-order chi connectivity index (χ0) is 19.7. The molecule has 138 valence electrons. The number of halogens is 1. The summed E-state index contributed by atoms with van der Waals surface area (Å²) in [6.45, 7) is 3.79. The van der Waals surface area contributed by atoms with Crippen molar-refractivity contribution in [3.63, 3.8) is 0 Å². The van der Waals surface area contributed by atoms with E-state index in [0.29, 0.717) is 10.7 Å². The third-order valence-corrected chi connectivity index (χ3v) is 4.81. The molecule has 0 aromatic heterocycles. The summed E-state index contributed by atoms with van der Waals surface area (Å²) in [5.74, 6) is -0.264. The largest absolute Gasteiger partial charge is 0.496 e. The summed E-state index contributed by atoms with van der Waals surface area (Å²) in [6, 6.07) is 10.4. The summed E-state index contributed by atoms with van der Waals surface area (Å²) >= 11 is 11.1. The number of rotatable bonds is 3. The van der Waals surface area contributed by atoms with E-state index >= 15 is 0 Å². The first kappa shape index (κ1) is 19.1. The van der Waals surface area contributed by atoms with E-state index in [4.69, 9.17) is 28.6 Å². The molecule has 5 nitrogen and oxygen atoms in total. The lowest BCUT2D eigenvalue weighted by molar-refractivity contribution is -0.122. The van der Waals surface area contributed by atoms with E-state index in [1.807, 2.05) is 26.0 Å². The minimum Gasteiger partial charge on any atom is -0.496 e. The second-order valence-electron chi connectivity index (χ2n) is 6.11. The predicted molar refractivity (Wildman–Crippen MR) is 110 cm³/mol. The van der Waals surface area contributed by atoms with Crippen LogP contribution in [0.4, 0.5) is 5.69 Å². The molecule has 0 aliphatic carbocycles. The molecule has 2 aromatic rings. The van der Waals surface area contributed by atoms with Gasteiger partial charge in [-0.05, 0) is 85.2 Å². The molecule has 0 unspecified atom stereocenters. The van der Waals surface area contributed by atoms with E-state index in [0.717, 1.165) is 22.4 Å². The van der Waals surface area contributed by atoms with Gasteiger partial charge in [-0.3, -0.25) is 19.8 Å². The van der Waals surface area contributed by atoms with Crippen molar-refractivity contribution in [2.24, 2.45) is 0 Å². The number of anilines is 1. The van der Waals surface area contributed by atoms with E-state index in [-0.39, 0.29) is 10.7 Å². The molecule has 7 heteroatoms. The zero-order valence-electron chi connectivity index (χ0n) is 15.0. The Balaban J connectivity index is 2.04. The molecule has 1 N–H and O–H groups in total. The summed E-state index contributed by atoms with van der Waals surface area (Å²) < 4.78 is 5.31. The van der Waals surface area contributed by atoms with Gasteiger partial charge in [-0.25, -0.2) is 0 Å². The van der Waals surface area contributed by atoms with Crippen molar-refractivity contribution in [2.45, 2.75) is 13.8 Å². The predicted octanol–water partition coefficient (Wildman–Crippen LogP) is 3.80. The number of aryl methyl sites for hydroxylation is 2. The van der Waals surface area contributed by atoms with Crippen LogP contribution in [-0.2, 0) is 9.59 Å². The Morgan fingerprint density at radius 2 is 1.78 bits per heavy atom. The molecule has 0 saturated carbocycles. The smallest absolute Gasteiger partial charge is 0.270 e. The molecule has 0 bridgehead atoms. The molecule has 1 aliphatic heterocycles. The van der Waals surface area contributed by atoms with Crippen molar-refractivity contribution >= 4 is 52.5 Å². The molecule has 3 rings (SSSR count). The lowest BCUT2D eigenvalue weighted by atomic mass is 10.0.